The number of ketones is 3. The normalized spacial score (nSPS) is 25.9. The molecule has 0 radical (unpaired) electrons. The minimum Gasteiger partial charge on any atom is -0.493 e. The summed E-state index contributed by atoms with van der Waals surface area (Å²) in [5.74, 6) is -0.879. The van der Waals surface area contributed by atoms with Crippen molar-refractivity contribution in [3.05, 3.63) is 47.2 Å². The highest BCUT2D eigenvalue weighted by molar-refractivity contribution is 6.47. The first-order chi connectivity index (χ1) is 11.1. The molecular formula is C17H17NO5. The van der Waals surface area contributed by atoms with Crippen LogP contribution in [0.15, 0.2) is 47.2 Å². The summed E-state index contributed by atoms with van der Waals surface area (Å²) in [6.45, 7) is 1.70. The van der Waals surface area contributed by atoms with Gasteiger partial charge in [0.05, 0.1) is 7.11 Å². The molecule has 0 amide bonds. The van der Waals surface area contributed by atoms with Crippen molar-refractivity contribution in [1.29, 1.82) is 0 Å². The molecule has 2 aliphatic heterocycles. The van der Waals surface area contributed by atoms with Crippen LogP contribution in [-0.2, 0) is 23.9 Å². The molecule has 1 N–H and O–H groups in total. The van der Waals surface area contributed by atoms with Crippen molar-refractivity contribution in [1.82, 2.24) is 5.32 Å². The van der Waals surface area contributed by atoms with Crippen molar-refractivity contribution in [2.45, 2.75) is 12.8 Å². The summed E-state index contributed by atoms with van der Waals surface area (Å²) in [6.07, 6.45) is 7.18. The average Bonchev–Trinajstić information content (AvgIpc) is 2.58. The van der Waals surface area contributed by atoms with Crippen LogP contribution < -0.4 is 5.32 Å². The predicted octanol–water partition coefficient (Wildman–Crippen LogP) is 0.962. The molecule has 0 unspecified atom stereocenters. The Morgan fingerprint density at radius 3 is 2.52 bits per heavy atom. The second-order valence-corrected chi connectivity index (χ2v) is 5.56. The summed E-state index contributed by atoms with van der Waals surface area (Å²) >= 11 is 0. The molecule has 3 aliphatic rings. The highest BCUT2D eigenvalue weighted by Gasteiger charge is 2.33. The van der Waals surface area contributed by atoms with Crippen LogP contribution in [0.25, 0.3) is 0 Å². The van der Waals surface area contributed by atoms with Crippen LogP contribution in [0.5, 0.6) is 0 Å². The van der Waals surface area contributed by atoms with Gasteiger partial charge in [-0.05, 0) is 44.2 Å². The lowest BCUT2D eigenvalue weighted by molar-refractivity contribution is -0.134. The maximum absolute atomic E-state index is 12.2. The Kier molecular flexibility index (Phi) is 4.25. The zero-order chi connectivity index (χ0) is 16.4. The Bertz CT molecular complexity index is 690. The lowest BCUT2D eigenvalue weighted by Crippen LogP contribution is -2.32. The van der Waals surface area contributed by atoms with Crippen LogP contribution in [0.2, 0.25) is 0 Å². The van der Waals surface area contributed by atoms with Gasteiger partial charge in [-0.25, -0.2) is 0 Å². The van der Waals surface area contributed by atoms with Crippen molar-refractivity contribution < 1.29 is 23.9 Å². The summed E-state index contributed by atoms with van der Waals surface area (Å²) in [4.78, 5) is 35.8. The van der Waals surface area contributed by atoms with Gasteiger partial charge in [-0.1, -0.05) is 0 Å². The molecule has 0 saturated carbocycles. The fourth-order valence-electron chi connectivity index (χ4n) is 2.81. The summed E-state index contributed by atoms with van der Waals surface area (Å²) in [5.41, 5.74) is 0.374. The highest BCUT2D eigenvalue weighted by Crippen LogP contribution is 2.30. The van der Waals surface area contributed by atoms with Crippen LogP contribution >= 0.6 is 0 Å². The Balaban J connectivity index is 1.95. The molecule has 1 saturated heterocycles. The number of hydrogen-bond donors (Lipinski definition) is 1. The van der Waals surface area contributed by atoms with Gasteiger partial charge in [0, 0.05) is 17.6 Å². The number of methoxy groups -OCH3 is 1. The van der Waals surface area contributed by atoms with E-state index in [4.69, 9.17) is 9.47 Å². The molecule has 0 aromatic carbocycles. The van der Waals surface area contributed by atoms with E-state index >= 15 is 0 Å². The lowest BCUT2D eigenvalue weighted by Gasteiger charge is -2.27. The van der Waals surface area contributed by atoms with Crippen LogP contribution in [0.3, 0.4) is 0 Å². The third-order valence-electron chi connectivity index (χ3n) is 4.09. The Morgan fingerprint density at radius 2 is 1.83 bits per heavy atom. The van der Waals surface area contributed by atoms with E-state index in [0.29, 0.717) is 11.3 Å². The van der Waals surface area contributed by atoms with Gasteiger partial charge < -0.3 is 14.8 Å². The van der Waals surface area contributed by atoms with Crippen molar-refractivity contribution in [3.63, 3.8) is 0 Å². The smallest absolute Gasteiger partial charge is 0.268 e. The highest BCUT2D eigenvalue weighted by atomic mass is 16.5. The van der Waals surface area contributed by atoms with Crippen LogP contribution in [0.1, 0.15) is 12.8 Å². The number of rotatable bonds is 2. The standard InChI is InChI=1S/C17H17NO5/c1-22-15-8-11(2-3-12(15)19)17-16(21)13(20)9-14(23-17)10-4-6-18-7-5-10/h2-3,8-10,18H,4-7H2,1H3/b17-11-. The van der Waals surface area contributed by atoms with Gasteiger partial charge >= 0.3 is 0 Å². The third-order valence-corrected chi connectivity index (χ3v) is 4.09. The number of Topliss-reactive ketones (excluding diaryl/α,β-unsaturated/α-hetero) is 1. The molecule has 1 aliphatic carbocycles. The topological polar surface area (TPSA) is 81.7 Å². The van der Waals surface area contributed by atoms with Crippen molar-refractivity contribution in [2.75, 3.05) is 20.2 Å². The van der Waals surface area contributed by atoms with E-state index in [-0.39, 0.29) is 23.2 Å². The van der Waals surface area contributed by atoms with Gasteiger partial charge in [-0.3, -0.25) is 14.4 Å². The number of hydrogen-bond acceptors (Lipinski definition) is 6. The summed E-state index contributed by atoms with van der Waals surface area (Å²) < 4.78 is 10.7. The molecule has 120 valence electrons. The van der Waals surface area contributed by atoms with Crippen LogP contribution in [-0.4, -0.2) is 37.5 Å². The molecular weight excluding hydrogens is 298 g/mol. The number of ether oxygens (including phenoxy) is 2. The molecule has 0 aromatic heterocycles. The first-order valence-electron chi connectivity index (χ1n) is 7.51. The van der Waals surface area contributed by atoms with Gasteiger partial charge in [0.15, 0.2) is 11.5 Å². The first kappa shape index (κ1) is 15.4. The van der Waals surface area contributed by atoms with Gasteiger partial charge in [0.1, 0.15) is 5.76 Å². The molecule has 0 atom stereocenters. The maximum atomic E-state index is 12.2. The number of carbonyl (C=O) groups is 3. The van der Waals surface area contributed by atoms with Crippen molar-refractivity contribution in [2.24, 2.45) is 5.92 Å². The maximum Gasteiger partial charge on any atom is 0.268 e. The first-order valence-corrected chi connectivity index (χ1v) is 7.51. The lowest BCUT2D eigenvalue weighted by atomic mass is 9.92. The van der Waals surface area contributed by atoms with E-state index in [9.17, 15) is 14.4 Å². The number of allylic oxidation sites excluding steroid dienone is 7. The summed E-state index contributed by atoms with van der Waals surface area (Å²) in [6, 6.07) is 0. The fourth-order valence-corrected chi connectivity index (χ4v) is 2.81. The summed E-state index contributed by atoms with van der Waals surface area (Å²) in [5, 5.41) is 3.25. The zero-order valence-electron chi connectivity index (χ0n) is 12.8. The molecule has 0 bridgehead atoms. The Hall–Kier alpha value is -2.47. The molecule has 1 fully saturated rings. The van der Waals surface area contributed by atoms with Crippen molar-refractivity contribution in [3.8, 4) is 0 Å². The van der Waals surface area contributed by atoms with Crippen molar-refractivity contribution >= 4 is 17.3 Å². The van der Waals surface area contributed by atoms with E-state index < -0.39 is 11.6 Å². The van der Waals surface area contributed by atoms with Gasteiger partial charge in [-0.15, -0.1) is 0 Å². The zero-order valence-corrected chi connectivity index (χ0v) is 12.8. The molecule has 3 rings (SSSR count). The Labute approximate surface area is 133 Å². The largest absolute Gasteiger partial charge is 0.493 e. The van der Waals surface area contributed by atoms with E-state index in [1.807, 2.05) is 0 Å². The number of carbonyl (C=O) groups excluding carboxylic acids is 3. The molecule has 23 heavy (non-hydrogen) atoms. The van der Waals surface area contributed by atoms with Crippen LogP contribution in [0, 0.1) is 5.92 Å². The molecule has 0 spiro atoms. The second kappa shape index (κ2) is 6.34. The molecule has 0 aromatic rings. The van der Waals surface area contributed by atoms with E-state index in [0.717, 1.165) is 25.9 Å². The average molecular weight is 315 g/mol. The fraction of sp³-hybridized carbons (Fsp3) is 0.353. The van der Waals surface area contributed by atoms with E-state index in [1.165, 1.54) is 31.4 Å². The minimum absolute atomic E-state index is 0.0377. The van der Waals surface area contributed by atoms with E-state index in [1.54, 1.807) is 0 Å². The third kappa shape index (κ3) is 3.03. The van der Waals surface area contributed by atoms with Gasteiger partial charge in [0.25, 0.3) is 5.78 Å². The molecule has 6 heteroatoms. The minimum atomic E-state index is -0.705. The van der Waals surface area contributed by atoms with Gasteiger partial charge in [-0.2, -0.15) is 0 Å². The Morgan fingerprint density at radius 1 is 1.09 bits per heavy atom. The van der Waals surface area contributed by atoms with Gasteiger partial charge in [0.2, 0.25) is 11.6 Å². The van der Waals surface area contributed by atoms with E-state index in [2.05, 4.69) is 5.32 Å². The second-order valence-electron chi connectivity index (χ2n) is 5.56. The SMILES string of the molecule is COC1=C/C(=C2\OC(C3CCNCC3)=CC(=O)C2=O)C=CC1=O. The van der Waals surface area contributed by atoms with Crippen LogP contribution in [0.4, 0.5) is 0 Å². The summed E-state index contributed by atoms with van der Waals surface area (Å²) in [7, 11) is 1.38. The predicted molar refractivity (Wildman–Crippen MR) is 81.0 cm³/mol. The number of nitrogens with one attached hydrogen (secondary N) is 1. The quantitative estimate of drug-likeness (QED) is 0.604. The number of piperidine rings is 1. The molecule has 2 heterocycles. The molecule has 6 nitrogen and oxygen atoms in total. The monoisotopic (exact) mass is 315 g/mol.